The summed E-state index contributed by atoms with van der Waals surface area (Å²) in [7, 11) is -3.66. The zero-order chi connectivity index (χ0) is 20.0. The topological polar surface area (TPSA) is 125 Å². The van der Waals surface area contributed by atoms with Gasteiger partial charge in [0.05, 0.1) is 24.7 Å². The third kappa shape index (κ3) is 5.91. The average Bonchev–Trinajstić information content (AvgIpc) is 3.13. The van der Waals surface area contributed by atoms with Crippen molar-refractivity contribution in [1.82, 2.24) is 0 Å². The molecule has 1 atom stereocenters. The number of nitrogens with two attached hydrogens (primary N) is 2. The molecule has 0 aromatic heterocycles. The van der Waals surface area contributed by atoms with Crippen LogP contribution in [-0.4, -0.2) is 46.1 Å². The summed E-state index contributed by atoms with van der Waals surface area (Å²) in [5.41, 5.74) is 1.97. The fourth-order valence-electron chi connectivity index (χ4n) is 2.84. The molecule has 8 nitrogen and oxygen atoms in total. The number of aliphatic hydroxyl groups is 1. The van der Waals surface area contributed by atoms with Crippen molar-refractivity contribution < 1.29 is 33.1 Å². The average molecular weight is 409 g/mol. The second-order valence-corrected chi connectivity index (χ2v) is 8.17. The molecule has 28 heavy (non-hydrogen) atoms. The van der Waals surface area contributed by atoms with E-state index in [1.807, 2.05) is 23.5 Å². The molecule has 3 rings (SSSR count). The zero-order valence-electron chi connectivity index (χ0n) is 15.4. The van der Waals surface area contributed by atoms with Crippen LogP contribution >= 0.6 is 0 Å². The summed E-state index contributed by atoms with van der Waals surface area (Å²) in [6, 6.07) is 12.1. The highest BCUT2D eigenvalue weighted by atomic mass is 32.2. The van der Waals surface area contributed by atoms with E-state index in [2.05, 4.69) is 0 Å². The maximum atomic E-state index is 11.2. The van der Waals surface area contributed by atoms with Crippen molar-refractivity contribution in [2.45, 2.75) is 24.0 Å². The summed E-state index contributed by atoms with van der Waals surface area (Å²) in [4.78, 5) is 0.107. The van der Waals surface area contributed by atoms with Gasteiger partial charge in [-0.25, -0.2) is 13.6 Å². The molecule has 0 aliphatic carbocycles. The second kappa shape index (κ2) is 9.35. The number of fused-ring (bicyclic) bond motifs is 1. The van der Waals surface area contributed by atoms with E-state index < -0.39 is 16.1 Å². The third-order valence-electron chi connectivity index (χ3n) is 4.34. The fourth-order valence-corrected chi connectivity index (χ4v) is 3.35. The number of rotatable bonds is 10. The second-order valence-electron chi connectivity index (χ2n) is 6.61. The number of sulfonamides is 1. The quantitative estimate of drug-likeness (QED) is 0.465. The van der Waals surface area contributed by atoms with E-state index >= 15 is 0 Å². The molecule has 1 aliphatic heterocycles. The van der Waals surface area contributed by atoms with Crippen molar-refractivity contribution >= 4 is 10.0 Å². The van der Waals surface area contributed by atoms with Gasteiger partial charge in [0.2, 0.25) is 16.8 Å². The number of quaternary nitrogens is 1. The Bertz CT molecular complexity index is 886. The van der Waals surface area contributed by atoms with Crippen molar-refractivity contribution in [3.8, 4) is 11.5 Å². The van der Waals surface area contributed by atoms with Crippen molar-refractivity contribution in [3.05, 3.63) is 53.6 Å². The Kier molecular flexibility index (Phi) is 6.87. The molecule has 1 heterocycles. The molecule has 2 aromatic carbocycles. The van der Waals surface area contributed by atoms with Crippen molar-refractivity contribution in [3.63, 3.8) is 0 Å². The van der Waals surface area contributed by atoms with Crippen LogP contribution in [0, 0.1) is 0 Å². The highest BCUT2D eigenvalue weighted by molar-refractivity contribution is 7.89. The van der Waals surface area contributed by atoms with Gasteiger partial charge in [0.25, 0.3) is 0 Å². The monoisotopic (exact) mass is 409 g/mol. The Balaban J connectivity index is 1.31. The summed E-state index contributed by atoms with van der Waals surface area (Å²) in [5.74, 6) is 1.45. The maximum Gasteiger partial charge on any atom is 0.238 e. The molecule has 0 radical (unpaired) electrons. The Morgan fingerprint density at radius 2 is 1.82 bits per heavy atom. The first-order valence-electron chi connectivity index (χ1n) is 8.99. The molecule has 0 fully saturated rings. The Hall–Kier alpha value is -2.17. The van der Waals surface area contributed by atoms with Gasteiger partial charge in [-0.05, 0) is 35.4 Å². The largest absolute Gasteiger partial charge is 0.454 e. The summed E-state index contributed by atoms with van der Waals surface area (Å²) in [6.45, 7) is 2.17. The molecular formula is C19H25N2O6S+. The lowest BCUT2D eigenvalue weighted by atomic mass is 10.1. The van der Waals surface area contributed by atoms with Crippen LogP contribution in [0.25, 0.3) is 0 Å². The molecule has 152 valence electrons. The van der Waals surface area contributed by atoms with E-state index in [0.717, 1.165) is 29.8 Å². The van der Waals surface area contributed by atoms with Crippen LogP contribution in [0.4, 0.5) is 0 Å². The van der Waals surface area contributed by atoms with Crippen LogP contribution in [0.3, 0.4) is 0 Å². The molecule has 0 saturated carbocycles. The summed E-state index contributed by atoms with van der Waals surface area (Å²) in [5, 5.41) is 17.1. The Morgan fingerprint density at radius 3 is 2.57 bits per heavy atom. The van der Waals surface area contributed by atoms with Crippen molar-refractivity contribution in [1.29, 1.82) is 0 Å². The first kappa shape index (κ1) is 20.6. The van der Waals surface area contributed by atoms with Crippen LogP contribution in [0.2, 0.25) is 0 Å². The van der Waals surface area contributed by atoms with E-state index in [9.17, 15) is 13.5 Å². The Labute approximate surface area is 164 Å². The van der Waals surface area contributed by atoms with Gasteiger partial charge in [-0.3, -0.25) is 0 Å². The highest BCUT2D eigenvalue weighted by Crippen LogP contribution is 2.32. The van der Waals surface area contributed by atoms with Gasteiger partial charge in [-0.2, -0.15) is 0 Å². The first-order chi connectivity index (χ1) is 13.4. The molecule has 0 amide bonds. The smallest absolute Gasteiger partial charge is 0.238 e. The standard InChI is InChI=1S/C19H24N2O6S/c20-28(23,24)17-4-1-14(2-5-17)7-8-21-10-16(22)12-25-11-15-3-6-18-19(9-15)27-13-26-18/h1-6,9,16,21-22H,7-8,10-13H2,(H2,20,23,24)/p+1/t16-/m1/s1. The van der Waals surface area contributed by atoms with E-state index in [-0.39, 0.29) is 18.3 Å². The maximum absolute atomic E-state index is 11.2. The normalized spacial score (nSPS) is 14.2. The minimum atomic E-state index is -3.66. The van der Waals surface area contributed by atoms with Crippen LogP contribution in [0.1, 0.15) is 11.1 Å². The van der Waals surface area contributed by atoms with E-state index in [4.69, 9.17) is 19.3 Å². The van der Waals surface area contributed by atoms with E-state index in [1.54, 1.807) is 12.1 Å². The summed E-state index contributed by atoms with van der Waals surface area (Å²) < 4.78 is 38.6. The van der Waals surface area contributed by atoms with Crippen LogP contribution in [0.15, 0.2) is 47.4 Å². The molecule has 0 unspecified atom stereocenters. The zero-order valence-corrected chi connectivity index (χ0v) is 16.2. The lowest BCUT2D eigenvalue weighted by Crippen LogP contribution is -2.87. The fraction of sp³-hybridized carbons (Fsp3) is 0.368. The molecule has 0 spiro atoms. The molecule has 0 bridgehead atoms. The van der Waals surface area contributed by atoms with Gasteiger partial charge < -0.3 is 24.6 Å². The first-order valence-corrected chi connectivity index (χ1v) is 10.5. The number of ether oxygens (including phenoxy) is 3. The van der Waals surface area contributed by atoms with Gasteiger partial charge in [0.15, 0.2) is 11.5 Å². The third-order valence-corrected chi connectivity index (χ3v) is 5.27. The molecular weight excluding hydrogens is 384 g/mol. The predicted octanol–water partition coefficient (Wildman–Crippen LogP) is -0.254. The molecule has 5 N–H and O–H groups in total. The highest BCUT2D eigenvalue weighted by Gasteiger charge is 2.14. The van der Waals surface area contributed by atoms with Gasteiger partial charge in [0.1, 0.15) is 12.6 Å². The molecule has 2 aromatic rings. The van der Waals surface area contributed by atoms with E-state index in [0.29, 0.717) is 18.9 Å². The van der Waals surface area contributed by atoms with Crippen molar-refractivity contribution in [2.24, 2.45) is 5.14 Å². The minimum Gasteiger partial charge on any atom is -0.454 e. The predicted molar refractivity (Wildman–Crippen MR) is 101 cm³/mol. The van der Waals surface area contributed by atoms with Gasteiger partial charge in [-0.1, -0.05) is 18.2 Å². The van der Waals surface area contributed by atoms with Crippen molar-refractivity contribution in [2.75, 3.05) is 26.5 Å². The molecule has 0 saturated heterocycles. The Morgan fingerprint density at radius 1 is 1.11 bits per heavy atom. The number of benzene rings is 2. The lowest BCUT2D eigenvalue weighted by Gasteiger charge is -2.11. The minimum absolute atomic E-state index is 0.107. The SMILES string of the molecule is NS(=O)(=O)c1ccc(CC[NH2+]C[C@@H](O)COCc2ccc3c(c2)OCO3)cc1. The molecule has 9 heteroatoms. The number of hydrogen-bond donors (Lipinski definition) is 3. The molecule has 1 aliphatic rings. The number of hydrogen-bond acceptors (Lipinski definition) is 6. The van der Waals surface area contributed by atoms with Gasteiger partial charge >= 0.3 is 0 Å². The lowest BCUT2D eigenvalue weighted by molar-refractivity contribution is -0.660. The number of aliphatic hydroxyl groups excluding tert-OH is 1. The van der Waals surface area contributed by atoms with Crippen LogP contribution in [-0.2, 0) is 27.8 Å². The van der Waals surface area contributed by atoms with Crippen LogP contribution < -0.4 is 19.9 Å². The number of primary sulfonamides is 1. The summed E-state index contributed by atoms with van der Waals surface area (Å²) in [6.07, 6.45) is 0.189. The van der Waals surface area contributed by atoms with Gasteiger partial charge in [0, 0.05) is 6.42 Å². The van der Waals surface area contributed by atoms with Gasteiger partial charge in [-0.15, -0.1) is 0 Å². The summed E-state index contributed by atoms with van der Waals surface area (Å²) >= 11 is 0. The van der Waals surface area contributed by atoms with Crippen LogP contribution in [0.5, 0.6) is 11.5 Å². The van der Waals surface area contributed by atoms with E-state index in [1.165, 1.54) is 12.1 Å².